The normalized spacial score (nSPS) is 24.2. The lowest BCUT2D eigenvalue weighted by atomic mass is 10.2. The second-order valence-corrected chi connectivity index (χ2v) is 5.84. The second kappa shape index (κ2) is 5.03. The maximum absolute atomic E-state index is 11.5. The number of carbonyl (C=O) groups is 1. The molecular formula is C11H15ClN4OS. The molecule has 2 aliphatic rings. The van der Waals surface area contributed by atoms with Crippen molar-refractivity contribution in [3.05, 3.63) is 16.1 Å². The molecule has 2 aliphatic heterocycles. The molecule has 98 valence electrons. The van der Waals surface area contributed by atoms with E-state index in [1.54, 1.807) is 11.3 Å². The maximum Gasteiger partial charge on any atom is 0.317 e. The van der Waals surface area contributed by atoms with Gasteiger partial charge in [-0.1, -0.05) is 0 Å². The van der Waals surface area contributed by atoms with Gasteiger partial charge in [0.1, 0.15) is 5.01 Å². The van der Waals surface area contributed by atoms with Gasteiger partial charge >= 0.3 is 6.03 Å². The van der Waals surface area contributed by atoms with Crippen molar-refractivity contribution in [2.45, 2.75) is 18.5 Å². The number of hydrogen-bond donors (Lipinski definition) is 1. The first-order chi connectivity index (χ1) is 8.76. The minimum absolute atomic E-state index is 0.0818. The number of amides is 2. The Labute approximate surface area is 115 Å². The summed E-state index contributed by atoms with van der Waals surface area (Å²) in [5.41, 5.74) is 0.952. The molecule has 3 heterocycles. The van der Waals surface area contributed by atoms with Gasteiger partial charge in [-0.2, -0.15) is 0 Å². The molecule has 3 rings (SSSR count). The molecule has 1 N–H and O–H groups in total. The number of carbonyl (C=O) groups excluding carboxylic acids is 1. The Kier molecular flexibility index (Phi) is 3.41. The average molecular weight is 287 g/mol. The lowest BCUT2D eigenvalue weighted by Crippen LogP contribution is -2.51. The summed E-state index contributed by atoms with van der Waals surface area (Å²) in [7, 11) is 0. The van der Waals surface area contributed by atoms with E-state index in [0.717, 1.165) is 43.4 Å². The van der Waals surface area contributed by atoms with Gasteiger partial charge in [0.2, 0.25) is 0 Å². The van der Waals surface area contributed by atoms with E-state index in [1.807, 2.05) is 10.3 Å². The van der Waals surface area contributed by atoms with Gasteiger partial charge in [-0.3, -0.25) is 4.90 Å². The molecule has 0 aromatic carbocycles. The quantitative estimate of drug-likeness (QED) is 0.847. The number of piperazine rings is 1. The van der Waals surface area contributed by atoms with Gasteiger partial charge in [-0.15, -0.1) is 22.9 Å². The number of alkyl halides is 1. The second-order valence-electron chi connectivity index (χ2n) is 4.63. The van der Waals surface area contributed by atoms with Gasteiger partial charge in [0, 0.05) is 31.6 Å². The van der Waals surface area contributed by atoms with Crippen molar-refractivity contribution in [2.75, 3.05) is 26.2 Å². The lowest BCUT2D eigenvalue weighted by molar-refractivity contribution is 0.116. The van der Waals surface area contributed by atoms with Crippen LogP contribution in [-0.2, 0) is 12.4 Å². The van der Waals surface area contributed by atoms with Gasteiger partial charge in [0.05, 0.1) is 24.2 Å². The van der Waals surface area contributed by atoms with E-state index in [2.05, 4.69) is 15.2 Å². The molecule has 0 aliphatic carbocycles. The van der Waals surface area contributed by atoms with Crippen molar-refractivity contribution >= 4 is 29.0 Å². The summed E-state index contributed by atoms with van der Waals surface area (Å²) in [5.74, 6) is 0.478. The fraction of sp³-hybridized carbons (Fsp3) is 0.636. The first kappa shape index (κ1) is 12.2. The fourth-order valence-electron chi connectivity index (χ4n) is 2.49. The molecule has 2 fully saturated rings. The van der Waals surface area contributed by atoms with Crippen LogP contribution in [0.1, 0.15) is 10.7 Å². The van der Waals surface area contributed by atoms with Crippen LogP contribution >= 0.6 is 22.9 Å². The number of halogens is 1. The van der Waals surface area contributed by atoms with E-state index in [1.165, 1.54) is 0 Å². The number of nitrogens with one attached hydrogen (secondary N) is 1. The SMILES string of the molecule is O=C1NCC2CN(Cc3nc(CCl)cs3)CCN12. The monoisotopic (exact) mass is 286 g/mol. The molecule has 0 radical (unpaired) electrons. The van der Waals surface area contributed by atoms with Crippen LogP contribution in [0.4, 0.5) is 4.79 Å². The molecular weight excluding hydrogens is 272 g/mol. The number of urea groups is 1. The molecule has 5 nitrogen and oxygen atoms in total. The number of thiazole rings is 1. The van der Waals surface area contributed by atoms with Gasteiger partial charge < -0.3 is 10.2 Å². The Morgan fingerprint density at radius 1 is 1.56 bits per heavy atom. The third-order valence-electron chi connectivity index (χ3n) is 3.41. The molecule has 0 bridgehead atoms. The van der Waals surface area contributed by atoms with Gasteiger partial charge in [0.25, 0.3) is 0 Å². The lowest BCUT2D eigenvalue weighted by Gasteiger charge is -2.35. The maximum atomic E-state index is 11.5. The Morgan fingerprint density at radius 3 is 3.22 bits per heavy atom. The predicted octanol–water partition coefficient (Wildman–Crippen LogP) is 1.09. The molecule has 2 saturated heterocycles. The van der Waals surface area contributed by atoms with Crippen LogP contribution in [0.2, 0.25) is 0 Å². The van der Waals surface area contributed by atoms with Crippen LogP contribution in [0, 0.1) is 0 Å². The Hall–Kier alpha value is -0.850. The summed E-state index contributed by atoms with van der Waals surface area (Å²) < 4.78 is 0. The van der Waals surface area contributed by atoms with Crippen molar-refractivity contribution < 1.29 is 4.79 Å². The molecule has 1 unspecified atom stereocenters. The third kappa shape index (κ3) is 2.32. The van der Waals surface area contributed by atoms with E-state index in [9.17, 15) is 4.79 Å². The number of nitrogens with zero attached hydrogens (tertiary/aromatic N) is 3. The summed E-state index contributed by atoms with van der Waals surface area (Å²) >= 11 is 7.41. The summed E-state index contributed by atoms with van der Waals surface area (Å²) in [6.07, 6.45) is 0. The Morgan fingerprint density at radius 2 is 2.44 bits per heavy atom. The van der Waals surface area contributed by atoms with Crippen molar-refractivity contribution in [1.82, 2.24) is 20.1 Å². The van der Waals surface area contributed by atoms with E-state index in [4.69, 9.17) is 11.6 Å². The Balaban J connectivity index is 1.60. The van der Waals surface area contributed by atoms with Gasteiger partial charge in [0.15, 0.2) is 0 Å². The van der Waals surface area contributed by atoms with Crippen LogP contribution in [0.25, 0.3) is 0 Å². The highest BCUT2D eigenvalue weighted by molar-refractivity contribution is 7.09. The van der Waals surface area contributed by atoms with E-state index < -0.39 is 0 Å². The van der Waals surface area contributed by atoms with Crippen molar-refractivity contribution in [1.29, 1.82) is 0 Å². The van der Waals surface area contributed by atoms with Crippen LogP contribution in [0.3, 0.4) is 0 Å². The predicted molar refractivity (Wildman–Crippen MR) is 70.8 cm³/mol. The zero-order valence-electron chi connectivity index (χ0n) is 9.93. The Bertz CT molecular complexity index is 452. The number of aromatic nitrogens is 1. The van der Waals surface area contributed by atoms with Crippen LogP contribution in [0.5, 0.6) is 0 Å². The molecule has 18 heavy (non-hydrogen) atoms. The number of hydrogen-bond acceptors (Lipinski definition) is 4. The highest BCUT2D eigenvalue weighted by atomic mass is 35.5. The van der Waals surface area contributed by atoms with E-state index in [0.29, 0.717) is 11.9 Å². The van der Waals surface area contributed by atoms with Crippen LogP contribution < -0.4 is 5.32 Å². The summed E-state index contributed by atoms with van der Waals surface area (Å²) in [6.45, 7) is 4.28. The van der Waals surface area contributed by atoms with Crippen molar-refractivity contribution in [2.24, 2.45) is 0 Å². The smallest absolute Gasteiger partial charge is 0.317 e. The summed E-state index contributed by atoms with van der Waals surface area (Å²) in [5, 5.41) is 6.01. The molecule has 0 saturated carbocycles. The minimum Gasteiger partial charge on any atom is -0.336 e. The molecule has 1 aromatic heterocycles. The first-order valence-corrected chi connectivity index (χ1v) is 7.44. The van der Waals surface area contributed by atoms with Crippen molar-refractivity contribution in [3.8, 4) is 0 Å². The fourth-order valence-corrected chi connectivity index (χ4v) is 3.55. The molecule has 1 aromatic rings. The summed E-state index contributed by atoms with van der Waals surface area (Å²) in [6, 6.07) is 0.400. The topological polar surface area (TPSA) is 48.5 Å². The standard InChI is InChI=1S/C11H15ClN4OS/c12-3-8-7-18-10(14-8)6-15-1-2-16-9(5-15)4-13-11(16)17/h7,9H,1-6H2,(H,13,17). The molecule has 0 spiro atoms. The minimum atomic E-state index is 0.0818. The highest BCUT2D eigenvalue weighted by Gasteiger charge is 2.35. The molecule has 1 atom stereocenters. The number of rotatable bonds is 3. The van der Waals surface area contributed by atoms with Crippen LogP contribution in [-0.4, -0.2) is 53.0 Å². The number of fused-ring (bicyclic) bond motifs is 1. The van der Waals surface area contributed by atoms with E-state index in [-0.39, 0.29) is 6.03 Å². The molecule has 2 amide bonds. The zero-order chi connectivity index (χ0) is 12.5. The first-order valence-electron chi connectivity index (χ1n) is 6.02. The van der Waals surface area contributed by atoms with Crippen molar-refractivity contribution in [3.63, 3.8) is 0 Å². The average Bonchev–Trinajstić information content (AvgIpc) is 2.97. The summed E-state index contributed by atoms with van der Waals surface area (Å²) in [4.78, 5) is 20.3. The third-order valence-corrected chi connectivity index (χ3v) is 4.57. The van der Waals surface area contributed by atoms with E-state index >= 15 is 0 Å². The molecule has 7 heteroatoms. The largest absolute Gasteiger partial charge is 0.336 e. The van der Waals surface area contributed by atoms with Crippen LogP contribution in [0.15, 0.2) is 5.38 Å². The zero-order valence-corrected chi connectivity index (χ0v) is 11.5. The van der Waals surface area contributed by atoms with Gasteiger partial charge in [-0.05, 0) is 0 Å². The van der Waals surface area contributed by atoms with Gasteiger partial charge in [-0.25, -0.2) is 9.78 Å². The highest BCUT2D eigenvalue weighted by Crippen LogP contribution is 2.18.